The molecule has 0 aromatic heterocycles. The second-order valence-corrected chi connectivity index (χ2v) is 5.22. The lowest BCUT2D eigenvalue weighted by Crippen LogP contribution is -2.27. The number of phenolic OH excluding ortho intramolecular Hbond substituents is 1. The average Bonchev–Trinajstić information content (AvgIpc) is 2.17. The van der Waals surface area contributed by atoms with Gasteiger partial charge < -0.3 is 10.4 Å². The summed E-state index contributed by atoms with van der Waals surface area (Å²) in [4.78, 5) is 11.7. The van der Waals surface area contributed by atoms with E-state index in [0.717, 1.165) is 0 Å². The van der Waals surface area contributed by atoms with E-state index in [1.165, 1.54) is 12.1 Å². The van der Waals surface area contributed by atoms with Crippen molar-refractivity contribution in [3.8, 4) is 5.75 Å². The Bertz CT molecular complexity index is 425. The zero-order chi connectivity index (χ0) is 12.5. The lowest BCUT2D eigenvalue weighted by atomic mass is 9.95. The van der Waals surface area contributed by atoms with Crippen LogP contribution in [0.25, 0.3) is 0 Å². The minimum absolute atomic E-state index is 0.0355. The predicted molar refractivity (Wildman–Crippen MR) is 66.2 cm³/mol. The van der Waals surface area contributed by atoms with Crippen molar-refractivity contribution in [1.29, 1.82) is 0 Å². The summed E-state index contributed by atoms with van der Waals surface area (Å²) in [6.07, 6.45) is 0. The molecule has 3 nitrogen and oxygen atoms in total. The molecule has 0 atom stereocenters. The molecule has 0 bridgehead atoms. The van der Waals surface area contributed by atoms with Gasteiger partial charge in [0.15, 0.2) is 0 Å². The molecule has 0 unspecified atom stereocenters. The highest BCUT2D eigenvalue weighted by molar-refractivity contribution is 6.44. The zero-order valence-electron chi connectivity index (χ0n) is 9.27. The topological polar surface area (TPSA) is 49.3 Å². The third-order valence-corrected chi connectivity index (χ3v) is 2.86. The highest BCUT2D eigenvalue weighted by Gasteiger charge is 2.22. The van der Waals surface area contributed by atoms with Crippen molar-refractivity contribution in [2.24, 2.45) is 5.41 Å². The Morgan fingerprint density at radius 3 is 2.31 bits per heavy atom. The van der Waals surface area contributed by atoms with Gasteiger partial charge in [-0.1, -0.05) is 44.0 Å². The van der Waals surface area contributed by atoms with Crippen LogP contribution in [0.3, 0.4) is 0 Å². The molecule has 0 aliphatic heterocycles. The van der Waals surface area contributed by atoms with Crippen LogP contribution < -0.4 is 5.32 Å². The minimum Gasteiger partial charge on any atom is -0.506 e. The zero-order valence-corrected chi connectivity index (χ0v) is 10.8. The molecule has 2 N–H and O–H groups in total. The summed E-state index contributed by atoms with van der Waals surface area (Å²) < 4.78 is 0. The number of halogens is 2. The SMILES string of the molecule is CC(C)(C)C(=O)Nc1ccc(O)c(Cl)c1Cl. The lowest BCUT2D eigenvalue weighted by molar-refractivity contribution is -0.123. The van der Waals surface area contributed by atoms with Crippen LogP contribution in [-0.4, -0.2) is 11.0 Å². The number of carbonyl (C=O) groups is 1. The van der Waals surface area contributed by atoms with Crippen molar-refractivity contribution in [3.05, 3.63) is 22.2 Å². The third-order valence-electron chi connectivity index (χ3n) is 1.99. The van der Waals surface area contributed by atoms with Gasteiger partial charge in [0.1, 0.15) is 10.8 Å². The summed E-state index contributed by atoms with van der Waals surface area (Å²) in [5.74, 6) is -0.281. The van der Waals surface area contributed by atoms with Gasteiger partial charge in [-0.05, 0) is 12.1 Å². The van der Waals surface area contributed by atoms with E-state index >= 15 is 0 Å². The van der Waals surface area contributed by atoms with E-state index in [9.17, 15) is 9.90 Å². The normalized spacial score (nSPS) is 11.3. The van der Waals surface area contributed by atoms with E-state index in [0.29, 0.717) is 5.69 Å². The molecule has 1 aromatic rings. The molecule has 16 heavy (non-hydrogen) atoms. The Morgan fingerprint density at radius 2 is 1.81 bits per heavy atom. The Kier molecular flexibility index (Phi) is 3.71. The van der Waals surface area contributed by atoms with Crippen LogP contribution >= 0.6 is 23.2 Å². The van der Waals surface area contributed by atoms with Crippen molar-refractivity contribution in [1.82, 2.24) is 0 Å². The van der Waals surface area contributed by atoms with Crippen LogP contribution in [0.5, 0.6) is 5.75 Å². The fourth-order valence-electron chi connectivity index (χ4n) is 0.946. The maximum Gasteiger partial charge on any atom is 0.229 e. The first-order chi connectivity index (χ1) is 7.23. The maximum absolute atomic E-state index is 11.7. The van der Waals surface area contributed by atoms with E-state index in [2.05, 4.69) is 5.32 Å². The van der Waals surface area contributed by atoms with E-state index in [1.54, 1.807) is 20.8 Å². The number of hydrogen-bond donors (Lipinski definition) is 2. The van der Waals surface area contributed by atoms with E-state index < -0.39 is 5.41 Å². The number of anilines is 1. The monoisotopic (exact) mass is 261 g/mol. The van der Waals surface area contributed by atoms with Crippen LogP contribution in [0.4, 0.5) is 5.69 Å². The Morgan fingerprint density at radius 1 is 1.25 bits per heavy atom. The standard InChI is InChI=1S/C11H13Cl2NO2/c1-11(2,3)10(16)14-6-4-5-7(15)9(13)8(6)12/h4-5,15H,1-3H3,(H,14,16). The van der Waals surface area contributed by atoms with Crippen molar-refractivity contribution < 1.29 is 9.90 Å². The predicted octanol–water partition coefficient (Wildman–Crippen LogP) is 3.68. The van der Waals surface area contributed by atoms with Gasteiger partial charge in [-0.25, -0.2) is 0 Å². The number of hydrogen-bond acceptors (Lipinski definition) is 2. The number of carbonyl (C=O) groups excluding carboxylic acids is 1. The molecule has 88 valence electrons. The van der Waals surface area contributed by atoms with Crippen LogP contribution in [0, 0.1) is 5.41 Å². The molecule has 1 amide bonds. The van der Waals surface area contributed by atoms with Gasteiger partial charge in [-0.2, -0.15) is 0 Å². The molecule has 0 aliphatic rings. The van der Waals surface area contributed by atoms with Gasteiger partial charge in [0, 0.05) is 5.41 Å². The molecule has 1 aromatic carbocycles. The van der Waals surface area contributed by atoms with Crippen molar-refractivity contribution >= 4 is 34.8 Å². The molecular weight excluding hydrogens is 249 g/mol. The van der Waals surface area contributed by atoms with Crippen molar-refractivity contribution in [2.45, 2.75) is 20.8 Å². The summed E-state index contributed by atoms with van der Waals surface area (Å²) in [5.41, 5.74) is -0.127. The number of nitrogens with one attached hydrogen (secondary N) is 1. The summed E-state index contributed by atoms with van der Waals surface area (Å²) in [6.45, 7) is 5.37. The second-order valence-electron chi connectivity index (χ2n) is 4.46. The van der Waals surface area contributed by atoms with Gasteiger partial charge in [0.2, 0.25) is 5.91 Å². The van der Waals surface area contributed by atoms with E-state index in [1.807, 2.05) is 0 Å². The molecule has 0 saturated carbocycles. The fraction of sp³-hybridized carbons (Fsp3) is 0.364. The second kappa shape index (κ2) is 4.52. The van der Waals surface area contributed by atoms with E-state index in [-0.39, 0.29) is 21.7 Å². The van der Waals surface area contributed by atoms with Gasteiger partial charge in [0.25, 0.3) is 0 Å². The molecule has 0 aliphatic carbocycles. The molecule has 0 saturated heterocycles. The number of rotatable bonds is 1. The maximum atomic E-state index is 11.7. The van der Waals surface area contributed by atoms with Gasteiger partial charge >= 0.3 is 0 Å². The molecule has 5 heteroatoms. The number of amides is 1. The molecule has 1 rings (SSSR count). The molecule has 0 heterocycles. The van der Waals surface area contributed by atoms with Crippen LogP contribution in [0.15, 0.2) is 12.1 Å². The van der Waals surface area contributed by atoms with Crippen LogP contribution in [0.1, 0.15) is 20.8 Å². The fourth-order valence-corrected chi connectivity index (χ4v) is 1.32. The van der Waals surface area contributed by atoms with Gasteiger partial charge in [0.05, 0.1) is 10.7 Å². The highest BCUT2D eigenvalue weighted by Crippen LogP contribution is 2.37. The number of phenols is 1. The van der Waals surface area contributed by atoms with Gasteiger partial charge in [-0.15, -0.1) is 0 Å². The Labute approximate surface area is 104 Å². The first-order valence-electron chi connectivity index (χ1n) is 4.72. The summed E-state index contributed by atoms with van der Waals surface area (Å²) in [6, 6.07) is 2.89. The Hall–Kier alpha value is -0.930. The highest BCUT2D eigenvalue weighted by atomic mass is 35.5. The summed E-state index contributed by atoms with van der Waals surface area (Å²) >= 11 is 11.6. The molecule has 0 fully saturated rings. The number of benzene rings is 1. The molecular formula is C11H13Cl2NO2. The number of aromatic hydroxyl groups is 1. The lowest BCUT2D eigenvalue weighted by Gasteiger charge is -2.18. The van der Waals surface area contributed by atoms with Crippen LogP contribution in [-0.2, 0) is 4.79 Å². The smallest absolute Gasteiger partial charge is 0.229 e. The third kappa shape index (κ3) is 2.80. The van der Waals surface area contributed by atoms with Gasteiger partial charge in [-0.3, -0.25) is 4.79 Å². The minimum atomic E-state index is -0.520. The molecule has 0 radical (unpaired) electrons. The largest absolute Gasteiger partial charge is 0.506 e. The quantitative estimate of drug-likeness (QED) is 0.758. The van der Waals surface area contributed by atoms with Crippen LogP contribution in [0.2, 0.25) is 10.0 Å². The summed E-state index contributed by atoms with van der Waals surface area (Å²) in [7, 11) is 0. The van der Waals surface area contributed by atoms with Crippen molar-refractivity contribution in [3.63, 3.8) is 0 Å². The first kappa shape index (κ1) is 13.1. The Balaban J connectivity index is 3.00. The first-order valence-corrected chi connectivity index (χ1v) is 5.47. The average molecular weight is 262 g/mol. The van der Waals surface area contributed by atoms with Crippen molar-refractivity contribution in [2.75, 3.05) is 5.32 Å². The van der Waals surface area contributed by atoms with E-state index in [4.69, 9.17) is 23.2 Å². The molecule has 0 spiro atoms. The summed E-state index contributed by atoms with van der Waals surface area (Å²) in [5, 5.41) is 12.1.